The molecule has 0 saturated carbocycles. The van der Waals surface area contributed by atoms with E-state index < -0.39 is 24.3 Å². The lowest BCUT2D eigenvalue weighted by Gasteiger charge is -2.42. The Morgan fingerprint density at radius 2 is 1.34 bits per heavy atom. The van der Waals surface area contributed by atoms with E-state index in [-0.39, 0.29) is 61.3 Å². The van der Waals surface area contributed by atoms with E-state index in [1.807, 2.05) is 0 Å². The third kappa shape index (κ3) is 10.3. The van der Waals surface area contributed by atoms with Gasteiger partial charge in [-0.2, -0.15) is 0 Å². The fourth-order valence-corrected chi connectivity index (χ4v) is 8.78. The van der Waals surface area contributed by atoms with Crippen LogP contribution in [0.25, 0.3) is 0 Å². The number of fused-ring (bicyclic) bond motifs is 2. The van der Waals surface area contributed by atoms with Crippen LogP contribution in [0, 0.1) is 47.3 Å². The van der Waals surface area contributed by atoms with Gasteiger partial charge >= 0.3 is 11.9 Å². The van der Waals surface area contributed by atoms with E-state index in [1.54, 1.807) is 0 Å². The second-order valence-corrected chi connectivity index (χ2v) is 15.2. The Labute approximate surface area is 280 Å². The molecule has 6 unspecified atom stereocenters. The van der Waals surface area contributed by atoms with Gasteiger partial charge in [0.05, 0.1) is 43.4 Å². The number of carbonyl (C=O) groups is 2. The molecule has 4 aliphatic carbocycles. The zero-order valence-corrected chi connectivity index (χ0v) is 28.5. The molecule has 1 fully saturated rings. The quantitative estimate of drug-likeness (QED) is 0.182. The summed E-state index contributed by atoms with van der Waals surface area (Å²) in [6, 6.07) is 0. The largest absolute Gasteiger partial charge is 0.481 e. The molecule has 0 amide bonds. The van der Waals surface area contributed by atoms with Crippen molar-refractivity contribution in [2.75, 3.05) is 0 Å². The highest BCUT2D eigenvalue weighted by molar-refractivity contribution is 5.71. The van der Waals surface area contributed by atoms with E-state index in [0.717, 1.165) is 32.1 Å². The second kappa shape index (κ2) is 16.9. The van der Waals surface area contributed by atoms with Crippen LogP contribution in [-0.2, 0) is 14.3 Å². The highest BCUT2D eigenvalue weighted by atomic mass is 16.5. The van der Waals surface area contributed by atoms with Crippen LogP contribution in [0.4, 0.5) is 0 Å². The van der Waals surface area contributed by atoms with E-state index in [1.165, 1.54) is 11.1 Å². The van der Waals surface area contributed by atoms with Crippen molar-refractivity contribution in [1.29, 1.82) is 0 Å². The van der Waals surface area contributed by atoms with Gasteiger partial charge in [-0.15, -0.1) is 0 Å². The first-order chi connectivity index (χ1) is 22.2. The first-order valence-corrected chi connectivity index (χ1v) is 17.8. The Balaban J connectivity index is 0.000000213. The maximum Gasteiger partial charge on any atom is 0.308 e. The fourth-order valence-electron chi connectivity index (χ4n) is 8.78. The van der Waals surface area contributed by atoms with E-state index in [9.17, 15) is 35.1 Å². The maximum atomic E-state index is 11.5. The molecule has 1 saturated heterocycles. The summed E-state index contributed by atoms with van der Waals surface area (Å²) in [5, 5.41) is 59.3. The Hall–Kier alpha value is -2.30. The number of allylic oxidation sites excluding steroid dienone is 6. The number of carbonyl (C=O) groups excluding carboxylic acids is 1. The number of hydrogen-bond donors (Lipinski definition) is 6. The molecule has 0 aromatic heterocycles. The molecule has 264 valence electrons. The van der Waals surface area contributed by atoms with E-state index in [0.29, 0.717) is 42.4 Å². The van der Waals surface area contributed by atoms with Gasteiger partial charge in [0, 0.05) is 18.3 Å². The molecule has 0 spiro atoms. The molecule has 0 aromatic rings. The highest BCUT2D eigenvalue weighted by Crippen LogP contribution is 2.45. The molecule has 9 nitrogen and oxygen atoms in total. The lowest BCUT2D eigenvalue weighted by Crippen LogP contribution is -2.39. The summed E-state index contributed by atoms with van der Waals surface area (Å²) in [7, 11) is 0. The first-order valence-electron chi connectivity index (χ1n) is 17.8. The molecular weight excluding hydrogens is 600 g/mol. The van der Waals surface area contributed by atoms with Crippen LogP contribution in [-0.4, -0.2) is 79.2 Å². The fraction of sp³-hybridized carbons (Fsp3) is 0.737. The Morgan fingerprint density at radius 3 is 1.85 bits per heavy atom. The summed E-state index contributed by atoms with van der Waals surface area (Å²) in [5.41, 5.74) is 2.46. The van der Waals surface area contributed by atoms with Crippen molar-refractivity contribution >= 4 is 11.9 Å². The number of cyclic esters (lactones) is 1. The number of hydrogen-bond acceptors (Lipinski definition) is 8. The van der Waals surface area contributed by atoms with Gasteiger partial charge in [0.1, 0.15) is 6.10 Å². The molecule has 1 heterocycles. The normalized spacial score (nSPS) is 39.2. The summed E-state index contributed by atoms with van der Waals surface area (Å²) in [6.45, 7) is 8.59. The van der Waals surface area contributed by atoms with Crippen LogP contribution in [0.3, 0.4) is 0 Å². The average molecular weight is 659 g/mol. The zero-order valence-electron chi connectivity index (χ0n) is 28.5. The lowest BCUT2D eigenvalue weighted by molar-refractivity contribution is -0.160. The molecule has 14 atom stereocenters. The van der Waals surface area contributed by atoms with Gasteiger partial charge in [0.2, 0.25) is 0 Å². The van der Waals surface area contributed by atoms with Crippen molar-refractivity contribution in [3.63, 3.8) is 0 Å². The third-order valence-corrected chi connectivity index (χ3v) is 11.1. The van der Waals surface area contributed by atoms with Gasteiger partial charge in [-0.1, -0.05) is 64.2 Å². The van der Waals surface area contributed by atoms with E-state index in [2.05, 4.69) is 64.2 Å². The van der Waals surface area contributed by atoms with Crippen LogP contribution >= 0.6 is 0 Å². The molecule has 9 heteroatoms. The molecule has 5 rings (SSSR count). The van der Waals surface area contributed by atoms with Gasteiger partial charge in [0.25, 0.3) is 0 Å². The van der Waals surface area contributed by atoms with Gasteiger partial charge in [0.15, 0.2) is 0 Å². The topological polar surface area (TPSA) is 165 Å². The van der Waals surface area contributed by atoms with Crippen molar-refractivity contribution in [3.05, 3.63) is 47.6 Å². The minimum absolute atomic E-state index is 0.0796. The van der Waals surface area contributed by atoms with Gasteiger partial charge in [-0.05, 0) is 91.6 Å². The van der Waals surface area contributed by atoms with Crippen LogP contribution in [0.15, 0.2) is 47.6 Å². The molecule has 0 aromatic carbocycles. The van der Waals surface area contributed by atoms with E-state index >= 15 is 0 Å². The zero-order chi connectivity index (χ0) is 34.4. The van der Waals surface area contributed by atoms with Crippen LogP contribution in [0.1, 0.15) is 91.9 Å². The van der Waals surface area contributed by atoms with Crippen molar-refractivity contribution in [3.8, 4) is 0 Å². The van der Waals surface area contributed by atoms with Crippen LogP contribution < -0.4 is 0 Å². The summed E-state index contributed by atoms with van der Waals surface area (Å²) < 4.78 is 5.37. The average Bonchev–Trinajstić information content (AvgIpc) is 2.95. The summed E-state index contributed by atoms with van der Waals surface area (Å²) >= 11 is 0. The van der Waals surface area contributed by atoms with E-state index in [4.69, 9.17) is 9.84 Å². The number of rotatable bonds is 10. The summed E-state index contributed by atoms with van der Waals surface area (Å²) in [6.07, 6.45) is 15.0. The minimum atomic E-state index is -1.06. The predicted octanol–water partition coefficient (Wildman–Crippen LogP) is 4.72. The number of ether oxygens (including phenoxy) is 1. The number of aliphatic hydroxyl groups is 5. The van der Waals surface area contributed by atoms with Crippen molar-refractivity contribution in [2.24, 2.45) is 47.3 Å². The predicted molar refractivity (Wildman–Crippen MR) is 179 cm³/mol. The molecule has 5 aliphatic rings. The highest BCUT2D eigenvalue weighted by Gasteiger charge is 2.40. The molecule has 6 N–H and O–H groups in total. The SMILES string of the molecule is CC1C=C2C=CC(C)[C@H](CCC(O)CC(O)CC(=O)O)C2C(O)C1.C[C@H]1C=C2C=C[C@H](C)[C@H](CC[C@@H]3C[C@@H](O)CC(=O)O3)[C@H]2[C@@H](O)C1. The number of carboxylic acids is 1. The van der Waals surface area contributed by atoms with Crippen molar-refractivity contribution < 1.29 is 45.0 Å². The Bertz CT molecular complexity index is 1190. The van der Waals surface area contributed by atoms with Crippen LogP contribution in [0.5, 0.6) is 0 Å². The smallest absolute Gasteiger partial charge is 0.308 e. The standard InChI is InChI=1S/C19H30O5.C19H28O4/c1-11-7-13-4-3-12(2)16(19(13)17(22)8-11)6-5-14(20)9-15(21)10-18(23)24;1-11-7-13-4-3-12(2)16(19(13)17(21)8-11)6-5-15-9-14(20)10-18(22)23-15/h3-4,7,11-12,14-17,19-22H,5-6,8-10H2,1-2H3,(H,23,24);3-4,7,11-12,14-17,19-21H,5-6,8-10H2,1-2H3/t11?,12?,14?,15?,16-,17?,19?;11-,12-,14+,15+,16-,17-,19-/m00/s1. The Kier molecular flexibility index (Phi) is 13.5. The summed E-state index contributed by atoms with van der Waals surface area (Å²) in [4.78, 5) is 22.0. The Morgan fingerprint density at radius 1 is 0.809 bits per heavy atom. The van der Waals surface area contributed by atoms with Crippen molar-refractivity contribution in [2.45, 2.75) is 129 Å². The number of carboxylic acid groups (broad SMARTS) is 1. The monoisotopic (exact) mass is 658 g/mol. The molecule has 47 heavy (non-hydrogen) atoms. The van der Waals surface area contributed by atoms with Gasteiger partial charge < -0.3 is 35.4 Å². The lowest BCUT2D eigenvalue weighted by atomic mass is 9.65. The van der Waals surface area contributed by atoms with Gasteiger partial charge in [-0.25, -0.2) is 0 Å². The molecule has 0 radical (unpaired) electrons. The van der Waals surface area contributed by atoms with Gasteiger partial charge in [-0.3, -0.25) is 9.59 Å². The molecular formula is C38H58O9. The third-order valence-electron chi connectivity index (χ3n) is 11.1. The number of esters is 1. The number of aliphatic carboxylic acids is 1. The molecule has 1 aliphatic heterocycles. The molecule has 0 bridgehead atoms. The van der Waals surface area contributed by atoms with Crippen molar-refractivity contribution in [1.82, 2.24) is 0 Å². The minimum Gasteiger partial charge on any atom is -0.481 e. The summed E-state index contributed by atoms with van der Waals surface area (Å²) in [5.74, 6) is 1.10. The second-order valence-electron chi connectivity index (χ2n) is 15.2. The maximum absolute atomic E-state index is 11.5. The first kappa shape index (κ1) is 37.5. The van der Waals surface area contributed by atoms with Crippen LogP contribution in [0.2, 0.25) is 0 Å². The number of aliphatic hydroxyl groups excluding tert-OH is 5.